The standard InChI is InChI=1S/C20H39FO2/c1-2-23-20(22)18-16-14-12-10-8-6-4-3-5-7-9-11-13-15-17-19-21/h2-19H2,1H3. The Morgan fingerprint density at radius 3 is 1.35 bits per heavy atom. The van der Waals surface area contributed by atoms with Gasteiger partial charge in [-0.05, 0) is 19.8 Å². The summed E-state index contributed by atoms with van der Waals surface area (Å²) in [4.78, 5) is 11.2. The Morgan fingerprint density at radius 2 is 1.00 bits per heavy atom. The predicted octanol–water partition coefficient (Wildman–Crippen LogP) is 6.76. The fraction of sp³-hybridized carbons (Fsp3) is 0.950. The van der Waals surface area contributed by atoms with Crippen LogP contribution in [-0.4, -0.2) is 19.3 Å². The quantitative estimate of drug-likeness (QED) is 0.205. The van der Waals surface area contributed by atoms with Gasteiger partial charge in [0, 0.05) is 6.42 Å². The van der Waals surface area contributed by atoms with E-state index >= 15 is 0 Å². The molecule has 0 N–H and O–H groups in total. The lowest BCUT2D eigenvalue weighted by atomic mass is 10.0. The Balaban J connectivity index is 3.01. The van der Waals surface area contributed by atoms with Gasteiger partial charge < -0.3 is 4.74 Å². The molecule has 0 aromatic carbocycles. The second-order valence-corrected chi connectivity index (χ2v) is 6.55. The van der Waals surface area contributed by atoms with E-state index in [4.69, 9.17) is 4.74 Å². The summed E-state index contributed by atoms with van der Waals surface area (Å²) in [6.07, 6.45) is 19.0. The summed E-state index contributed by atoms with van der Waals surface area (Å²) in [6, 6.07) is 0. The van der Waals surface area contributed by atoms with Crippen LogP contribution in [0, 0.1) is 0 Å². The van der Waals surface area contributed by atoms with Crippen molar-refractivity contribution in [2.45, 2.75) is 110 Å². The highest BCUT2D eigenvalue weighted by Crippen LogP contribution is 2.13. The zero-order chi connectivity index (χ0) is 17.0. The zero-order valence-electron chi connectivity index (χ0n) is 15.4. The molecule has 138 valence electrons. The Bertz CT molecular complexity index is 244. The molecule has 3 heteroatoms. The molecule has 0 atom stereocenters. The third-order valence-electron chi connectivity index (χ3n) is 4.32. The van der Waals surface area contributed by atoms with Crippen LogP contribution >= 0.6 is 0 Å². The van der Waals surface area contributed by atoms with Crippen LogP contribution in [0.15, 0.2) is 0 Å². The van der Waals surface area contributed by atoms with Crippen LogP contribution in [0.2, 0.25) is 0 Å². The molecule has 23 heavy (non-hydrogen) atoms. The lowest BCUT2D eigenvalue weighted by Crippen LogP contribution is -2.03. The molecular weight excluding hydrogens is 291 g/mol. The maximum absolute atomic E-state index is 11.9. The average molecular weight is 331 g/mol. The van der Waals surface area contributed by atoms with Gasteiger partial charge in [-0.2, -0.15) is 0 Å². The van der Waals surface area contributed by atoms with Crippen LogP contribution in [0.1, 0.15) is 110 Å². The van der Waals surface area contributed by atoms with Crippen LogP contribution < -0.4 is 0 Å². The maximum atomic E-state index is 11.9. The SMILES string of the molecule is CCOC(=O)CCCCCCCCCCCCCCCCCF. The van der Waals surface area contributed by atoms with E-state index in [1.807, 2.05) is 6.92 Å². The van der Waals surface area contributed by atoms with Crippen molar-refractivity contribution in [2.75, 3.05) is 13.3 Å². The first-order chi connectivity index (χ1) is 11.3. The highest BCUT2D eigenvalue weighted by Gasteiger charge is 2.00. The van der Waals surface area contributed by atoms with Gasteiger partial charge in [0.15, 0.2) is 0 Å². The summed E-state index contributed by atoms with van der Waals surface area (Å²) in [6.45, 7) is 2.20. The van der Waals surface area contributed by atoms with Crippen molar-refractivity contribution in [3.05, 3.63) is 0 Å². The number of hydrogen-bond donors (Lipinski definition) is 0. The van der Waals surface area contributed by atoms with E-state index in [1.54, 1.807) is 0 Å². The molecule has 0 heterocycles. The third-order valence-corrected chi connectivity index (χ3v) is 4.32. The van der Waals surface area contributed by atoms with Gasteiger partial charge in [-0.25, -0.2) is 0 Å². The Morgan fingerprint density at radius 1 is 0.652 bits per heavy atom. The molecule has 0 aliphatic heterocycles. The highest BCUT2D eigenvalue weighted by molar-refractivity contribution is 5.69. The van der Waals surface area contributed by atoms with Crippen LogP contribution in [0.3, 0.4) is 0 Å². The van der Waals surface area contributed by atoms with E-state index in [2.05, 4.69) is 0 Å². The lowest BCUT2D eigenvalue weighted by molar-refractivity contribution is -0.143. The number of rotatable bonds is 18. The summed E-state index contributed by atoms with van der Waals surface area (Å²) in [5.41, 5.74) is 0. The van der Waals surface area contributed by atoms with Crippen molar-refractivity contribution in [3.8, 4) is 0 Å². The van der Waals surface area contributed by atoms with E-state index in [0.29, 0.717) is 13.0 Å². The van der Waals surface area contributed by atoms with Gasteiger partial charge in [-0.15, -0.1) is 0 Å². The lowest BCUT2D eigenvalue weighted by Gasteiger charge is -2.04. The number of ether oxygens (including phenoxy) is 1. The van der Waals surface area contributed by atoms with Crippen molar-refractivity contribution in [1.82, 2.24) is 0 Å². The third kappa shape index (κ3) is 19.4. The number of carbonyl (C=O) groups is 1. The molecule has 0 aliphatic carbocycles. The maximum Gasteiger partial charge on any atom is 0.305 e. The van der Waals surface area contributed by atoms with Gasteiger partial charge in [-0.1, -0.05) is 83.5 Å². The van der Waals surface area contributed by atoms with Crippen molar-refractivity contribution in [1.29, 1.82) is 0 Å². The minimum Gasteiger partial charge on any atom is -0.466 e. The average Bonchev–Trinajstić information content (AvgIpc) is 2.54. The summed E-state index contributed by atoms with van der Waals surface area (Å²) in [5, 5.41) is 0. The van der Waals surface area contributed by atoms with E-state index in [9.17, 15) is 9.18 Å². The second-order valence-electron chi connectivity index (χ2n) is 6.55. The van der Waals surface area contributed by atoms with Crippen LogP contribution in [-0.2, 0) is 9.53 Å². The highest BCUT2D eigenvalue weighted by atomic mass is 19.1. The summed E-state index contributed by atoms with van der Waals surface area (Å²) >= 11 is 0. The van der Waals surface area contributed by atoms with Crippen LogP contribution in [0.25, 0.3) is 0 Å². The van der Waals surface area contributed by atoms with Crippen LogP contribution in [0.5, 0.6) is 0 Å². The number of unbranched alkanes of at least 4 members (excludes halogenated alkanes) is 14. The Hall–Kier alpha value is -0.600. The molecule has 0 aromatic heterocycles. The van der Waals surface area contributed by atoms with Gasteiger partial charge in [0.2, 0.25) is 0 Å². The van der Waals surface area contributed by atoms with Crippen molar-refractivity contribution in [2.24, 2.45) is 0 Å². The topological polar surface area (TPSA) is 26.3 Å². The molecular formula is C20H39FO2. The molecule has 0 aromatic rings. The molecule has 2 nitrogen and oxygen atoms in total. The number of alkyl halides is 1. The van der Waals surface area contributed by atoms with Gasteiger partial charge in [0.25, 0.3) is 0 Å². The number of esters is 1. The zero-order valence-corrected chi connectivity index (χ0v) is 15.4. The molecule has 0 saturated heterocycles. The van der Waals surface area contributed by atoms with E-state index in [0.717, 1.165) is 25.7 Å². The van der Waals surface area contributed by atoms with E-state index in [1.165, 1.54) is 70.6 Å². The predicted molar refractivity (Wildman–Crippen MR) is 96.5 cm³/mol. The summed E-state index contributed by atoms with van der Waals surface area (Å²) in [5.74, 6) is -0.0464. The summed E-state index contributed by atoms with van der Waals surface area (Å²) in [7, 11) is 0. The first-order valence-corrected chi connectivity index (χ1v) is 10.0. The molecule has 0 unspecified atom stereocenters. The molecule has 0 aliphatic rings. The van der Waals surface area contributed by atoms with Crippen molar-refractivity contribution >= 4 is 5.97 Å². The Kier molecular flexibility index (Phi) is 18.9. The molecule has 0 radical (unpaired) electrons. The first kappa shape index (κ1) is 22.4. The summed E-state index contributed by atoms with van der Waals surface area (Å²) < 4.78 is 16.8. The van der Waals surface area contributed by atoms with E-state index < -0.39 is 0 Å². The molecule has 0 bridgehead atoms. The molecule has 0 fully saturated rings. The minimum absolute atomic E-state index is 0.0464. The van der Waals surface area contributed by atoms with E-state index in [-0.39, 0.29) is 12.6 Å². The Labute approximate surface area is 143 Å². The van der Waals surface area contributed by atoms with Gasteiger partial charge >= 0.3 is 5.97 Å². The number of hydrogen-bond acceptors (Lipinski definition) is 2. The van der Waals surface area contributed by atoms with Crippen molar-refractivity contribution < 1.29 is 13.9 Å². The molecule has 0 amide bonds. The molecule has 0 spiro atoms. The largest absolute Gasteiger partial charge is 0.466 e. The molecule has 0 rings (SSSR count). The van der Waals surface area contributed by atoms with Crippen LogP contribution in [0.4, 0.5) is 4.39 Å². The van der Waals surface area contributed by atoms with Crippen molar-refractivity contribution in [3.63, 3.8) is 0 Å². The number of halogens is 1. The normalized spacial score (nSPS) is 10.9. The van der Waals surface area contributed by atoms with Gasteiger partial charge in [0.05, 0.1) is 13.3 Å². The fourth-order valence-corrected chi connectivity index (χ4v) is 2.90. The monoisotopic (exact) mass is 330 g/mol. The smallest absolute Gasteiger partial charge is 0.305 e. The fourth-order valence-electron chi connectivity index (χ4n) is 2.90. The first-order valence-electron chi connectivity index (χ1n) is 10.0. The second kappa shape index (κ2) is 19.4. The minimum atomic E-state index is -0.147. The van der Waals surface area contributed by atoms with Gasteiger partial charge in [-0.3, -0.25) is 9.18 Å². The molecule has 0 saturated carbocycles. The van der Waals surface area contributed by atoms with Gasteiger partial charge in [0.1, 0.15) is 0 Å². The number of carbonyl (C=O) groups excluding carboxylic acids is 1.